The molecule has 0 fully saturated rings. The van der Waals surface area contributed by atoms with Crippen molar-refractivity contribution in [2.45, 2.75) is 25.9 Å². The average Bonchev–Trinajstić information content (AvgIpc) is 2.99. The Morgan fingerprint density at radius 2 is 1.88 bits per heavy atom. The zero-order valence-electron chi connectivity index (χ0n) is 14.2. The molecule has 2 aromatic carbocycles. The van der Waals surface area contributed by atoms with E-state index >= 15 is 0 Å². The minimum absolute atomic E-state index is 0.306. The highest BCUT2D eigenvalue weighted by Crippen LogP contribution is 2.28. The number of urea groups is 1. The Morgan fingerprint density at radius 3 is 2.60 bits per heavy atom. The van der Waals surface area contributed by atoms with Gasteiger partial charge in [-0.15, -0.1) is 0 Å². The van der Waals surface area contributed by atoms with Crippen molar-refractivity contribution in [3.05, 3.63) is 59.7 Å². The molecule has 1 aliphatic rings. The molecule has 0 spiro atoms. The summed E-state index contributed by atoms with van der Waals surface area (Å²) in [5.74, 6) is -0.306. The Bertz CT molecular complexity index is 773. The molecular weight excluding hydrogens is 316 g/mol. The fraction of sp³-hybridized carbons (Fsp3) is 0.263. The summed E-state index contributed by atoms with van der Waals surface area (Å²) >= 11 is 0. The van der Waals surface area contributed by atoms with E-state index in [2.05, 4.69) is 39.8 Å². The van der Waals surface area contributed by atoms with Gasteiger partial charge in [-0.05, 0) is 42.7 Å². The molecule has 0 unspecified atom stereocenters. The van der Waals surface area contributed by atoms with Crippen LogP contribution in [0.25, 0.3) is 0 Å². The van der Waals surface area contributed by atoms with E-state index in [1.807, 2.05) is 24.3 Å². The van der Waals surface area contributed by atoms with Gasteiger partial charge in [0.1, 0.15) is 6.04 Å². The number of primary amides is 1. The molecular formula is C19H22N4O2. The van der Waals surface area contributed by atoms with Crippen LogP contribution in [0.5, 0.6) is 0 Å². The van der Waals surface area contributed by atoms with Gasteiger partial charge in [0, 0.05) is 24.5 Å². The van der Waals surface area contributed by atoms with Gasteiger partial charge in [0.25, 0.3) is 0 Å². The molecule has 0 saturated heterocycles. The van der Waals surface area contributed by atoms with Gasteiger partial charge in [0.15, 0.2) is 0 Å². The number of carbonyl (C=O) groups is 2. The third-order valence-corrected chi connectivity index (χ3v) is 4.33. The topological polar surface area (TPSA) is 87.5 Å². The number of benzene rings is 2. The van der Waals surface area contributed by atoms with Crippen LogP contribution < -0.4 is 21.3 Å². The predicted molar refractivity (Wildman–Crippen MR) is 98.4 cm³/mol. The van der Waals surface area contributed by atoms with Crippen molar-refractivity contribution in [2.75, 3.05) is 16.8 Å². The van der Waals surface area contributed by atoms with Crippen molar-refractivity contribution in [1.82, 2.24) is 5.32 Å². The summed E-state index contributed by atoms with van der Waals surface area (Å²) < 4.78 is 0. The number of nitrogens with zero attached hydrogens (tertiary/aromatic N) is 1. The largest absolute Gasteiger partial charge is 0.367 e. The first-order valence-corrected chi connectivity index (χ1v) is 8.31. The van der Waals surface area contributed by atoms with Gasteiger partial charge in [0.05, 0.1) is 0 Å². The minimum atomic E-state index is -0.719. The first-order chi connectivity index (χ1) is 12.0. The van der Waals surface area contributed by atoms with Gasteiger partial charge in [-0.25, -0.2) is 4.79 Å². The lowest BCUT2D eigenvalue weighted by Gasteiger charge is -2.19. The molecule has 4 N–H and O–H groups in total. The molecule has 3 rings (SSSR count). The number of carbonyl (C=O) groups excluding carboxylic acids is 2. The molecule has 0 saturated carbocycles. The fourth-order valence-corrected chi connectivity index (χ4v) is 3.01. The zero-order valence-corrected chi connectivity index (χ0v) is 14.2. The number of para-hydroxylation sites is 1. The number of fused-ring (bicyclic) bond motifs is 1. The molecule has 0 aromatic heterocycles. The molecule has 0 bridgehead atoms. The monoisotopic (exact) mass is 338 g/mol. The predicted octanol–water partition coefficient (Wildman–Crippen LogP) is 2.24. The second kappa shape index (κ2) is 7.25. The Balaban J connectivity index is 1.60. The highest BCUT2D eigenvalue weighted by molar-refractivity contribution is 5.96. The van der Waals surface area contributed by atoms with Crippen LogP contribution in [0.1, 0.15) is 18.1 Å². The van der Waals surface area contributed by atoms with E-state index in [1.54, 1.807) is 6.92 Å². The summed E-state index contributed by atoms with van der Waals surface area (Å²) in [5.41, 5.74) is 9.58. The molecule has 6 nitrogen and oxygen atoms in total. The van der Waals surface area contributed by atoms with E-state index in [4.69, 9.17) is 5.73 Å². The number of rotatable bonds is 5. The van der Waals surface area contributed by atoms with Crippen molar-refractivity contribution in [2.24, 2.45) is 5.73 Å². The summed E-state index contributed by atoms with van der Waals surface area (Å²) in [6.45, 7) is 3.44. The summed E-state index contributed by atoms with van der Waals surface area (Å²) in [7, 11) is 0. The lowest BCUT2D eigenvalue weighted by molar-refractivity contribution is -0.117. The molecule has 0 radical (unpaired) electrons. The quantitative estimate of drug-likeness (QED) is 0.781. The third-order valence-electron chi connectivity index (χ3n) is 4.33. The van der Waals surface area contributed by atoms with Gasteiger partial charge in [-0.1, -0.05) is 30.3 Å². The summed E-state index contributed by atoms with van der Waals surface area (Å²) in [5, 5.41) is 5.11. The number of amides is 3. The van der Waals surface area contributed by atoms with E-state index in [0.29, 0.717) is 5.69 Å². The van der Waals surface area contributed by atoms with E-state index in [1.165, 1.54) is 16.8 Å². The Labute approximate surface area is 147 Å². The van der Waals surface area contributed by atoms with Crippen LogP contribution in [-0.2, 0) is 17.8 Å². The SMILES string of the molecule is C[C@@H](NC(N)=O)C(=O)Nc1ccc(CN2CCc3ccccc32)cc1. The highest BCUT2D eigenvalue weighted by atomic mass is 16.2. The van der Waals surface area contributed by atoms with Crippen LogP contribution in [0.2, 0.25) is 0 Å². The number of nitrogens with one attached hydrogen (secondary N) is 2. The van der Waals surface area contributed by atoms with Gasteiger partial charge in [-0.3, -0.25) is 4.79 Å². The lowest BCUT2D eigenvalue weighted by atomic mass is 10.1. The minimum Gasteiger partial charge on any atom is -0.367 e. The molecule has 25 heavy (non-hydrogen) atoms. The van der Waals surface area contributed by atoms with Crippen LogP contribution in [0.4, 0.5) is 16.2 Å². The number of anilines is 2. The van der Waals surface area contributed by atoms with Crippen LogP contribution >= 0.6 is 0 Å². The third kappa shape index (κ3) is 4.09. The van der Waals surface area contributed by atoms with Crippen molar-refractivity contribution in [3.8, 4) is 0 Å². The van der Waals surface area contributed by atoms with Gasteiger partial charge in [-0.2, -0.15) is 0 Å². The summed E-state index contributed by atoms with van der Waals surface area (Å²) in [4.78, 5) is 25.1. The normalized spacial score (nSPS) is 13.9. The van der Waals surface area contributed by atoms with Crippen LogP contribution in [-0.4, -0.2) is 24.5 Å². The first-order valence-electron chi connectivity index (χ1n) is 8.31. The van der Waals surface area contributed by atoms with E-state index in [9.17, 15) is 9.59 Å². The maximum Gasteiger partial charge on any atom is 0.312 e. The van der Waals surface area contributed by atoms with Crippen LogP contribution in [0, 0.1) is 0 Å². The Kier molecular flexibility index (Phi) is 4.88. The molecule has 130 valence electrons. The second-order valence-corrected chi connectivity index (χ2v) is 6.22. The second-order valence-electron chi connectivity index (χ2n) is 6.22. The van der Waals surface area contributed by atoms with Crippen molar-refractivity contribution >= 4 is 23.3 Å². The number of hydrogen-bond acceptors (Lipinski definition) is 3. The Morgan fingerprint density at radius 1 is 1.16 bits per heavy atom. The fourth-order valence-electron chi connectivity index (χ4n) is 3.01. The molecule has 6 heteroatoms. The average molecular weight is 338 g/mol. The molecule has 1 atom stereocenters. The van der Waals surface area contributed by atoms with Crippen molar-refractivity contribution in [1.29, 1.82) is 0 Å². The van der Waals surface area contributed by atoms with E-state index in [0.717, 1.165) is 19.5 Å². The lowest BCUT2D eigenvalue weighted by Crippen LogP contribution is -2.44. The van der Waals surface area contributed by atoms with Crippen molar-refractivity contribution < 1.29 is 9.59 Å². The standard InChI is InChI=1S/C19H22N4O2/c1-13(21-19(20)25)18(24)22-16-8-6-14(7-9-16)12-23-11-10-15-4-2-3-5-17(15)23/h2-9,13H,10-12H2,1H3,(H,22,24)(H3,20,21,25)/t13-/m1/s1. The summed E-state index contributed by atoms with van der Waals surface area (Å²) in [6.07, 6.45) is 1.08. The van der Waals surface area contributed by atoms with Crippen LogP contribution in [0.15, 0.2) is 48.5 Å². The Hall–Kier alpha value is -3.02. The molecule has 0 aliphatic carbocycles. The maximum absolute atomic E-state index is 12.0. The first kappa shape index (κ1) is 16.8. The highest BCUT2D eigenvalue weighted by Gasteiger charge is 2.18. The van der Waals surface area contributed by atoms with E-state index in [-0.39, 0.29) is 5.91 Å². The van der Waals surface area contributed by atoms with Crippen LogP contribution in [0.3, 0.4) is 0 Å². The van der Waals surface area contributed by atoms with Gasteiger partial charge in [0.2, 0.25) is 5.91 Å². The smallest absolute Gasteiger partial charge is 0.312 e. The van der Waals surface area contributed by atoms with E-state index < -0.39 is 12.1 Å². The molecule has 3 amide bonds. The van der Waals surface area contributed by atoms with Gasteiger partial charge < -0.3 is 21.3 Å². The number of hydrogen-bond donors (Lipinski definition) is 3. The molecule has 1 aliphatic heterocycles. The van der Waals surface area contributed by atoms with Gasteiger partial charge >= 0.3 is 6.03 Å². The molecule has 2 aromatic rings. The maximum atomic E-state index is 12.0. The summed E-state index contributed by atoms with van der Waals surface area (Å²) in [6, 6.07) is 14.8. The molecule has 1 heterocycles. The number of nitrogens with two attached hydrogens (primary N) is 1. The zero-order chi connectivity index (χ0) is 17.8. The van der Waals surface area contributed by atoms with Crippen molar-refractivity contribution in [3.63, 3.8) is 0 Å².